The number of hydrogen-bond donors (Lipinski definition) is 0. The van der Waals surface area contributed by atoms with Gasteiger partial charge in [-0.1, -0.05) is 30.3 Å². The van der Waals surface area contributed by atoms with Gasteiger partial charge in [-0.2, -0.15) is 0 Å². The zero-order chi connectivity index (χ0) is 18.6. The van der Waals surface area contributed by atoms with E-state index in [9.17, 15) is 4.79 Å². The van der Waals surface area contributed by atoms with Crippen LogP contribution in [0.4, 0.5) is 0 Å². The number of carbonyl (C=O) groups is 1. The Morgan fingerprint density at radius 3 is 2.63 bits per heavy atom. The molecule has 5 nitrogen and oxygen atoms in total. The van der Waals surface area contributed by atoms with Crippen LogP contribution < -0.4 is 4.74 Å². The maximum absolute atomic E-state index is 12.9. The van der Waals surface area contributed by atoms with Gasteiger partial charge in [0, 0.05) is 38.1 Å². The van der Waals surface area contributed by atoms with Crippen LogP contribution in [0.2, 0.25) is 0 Å². The number of benzene rings is 2. The lowest BCUT2D eigenvalue weighted by Crippen LogP contribution is -2.34. The molecule has 2 aromatic carbocycles. The second kappa shape index (κ2) is 7.84. The maximum atomic E-state index is 12.9. The molecule has 1 aliphatic rings. The van der Waals surface area contributed by atoms with Gasteiger partial charge in [0.2, 0.25) is 0 Å². The van der Waals surface area contributed by atoms with E-state index >= 15 is 0 Å². The fraction of sp³-hybridized carbons (Fsp3) is 0.318. The predicted molar refractivity (Wildman–Crippen MR) is 105 cm³/mol. The first-order valence-electron chi connectivity index (χ1n) is 9.36. The molecule has 1 aliphatic heterocycles. The summed E-state index contributed by atoms with van der Waals surface area (Å²) >= 11 is 0. The van der Waals surface area contributed by atoms with Crippen molar-refractivity contribution in [2.45, 2.75) is 13.0 Å². The van der Waals surface area contributed by atoms with Crippen LogP contribution in [0.25, 0.3) is 11.0 Å². The van der Waals surface area contributed by atoms with Crippen molar-refractivity contribution in [3.05, 3.63) is 65.9 Å². The highest BCUT2D eigenvalue weighted by Crippen LogP contribution is 2.21. The van der Waals surface area contributed by atoms with Crippen LogP contribution in [0.1, 0.15) is 22.5 Å². The Morgan fingerprint density at radius 2 is 1.85 bits per heavy atom. The zero-order valence-corrected chi connectivity index (χ0v) is 15.6. The third kappa shape index (κ3) is 3.98. The van der Waals surface area contributed by atoms with Crippen LogP contribution in [0.15, 0.2) is 59.0 Å². The van der Waals surface area contributed by atoms with Crippen LogP contribution in [0.3, 0.4) is 0 Å². The minimum atomic E-state index is -0.0162. The average molecular weight is 364 g/mol. The molecule has 1 aromatic heterocycles. The van der Waals surface area contributed by atoms with Crippen molar-refractivity contribution in [3.8, 4) is 5.75 Å². The number of carbonyl (C=O) groups excluding carboxylic acids is 1. The summed E-state index contributed by atoms with van der Waals surface area (Å²) in [6, 6.07) is 17.8. The molecule has 5 heteroatoms. The Kier molecular flexibility index (Phi) is 5.12. The summed E-state index contributed by atoms with van der Waals surface area (Å²) in [5.74, 6) is 1.29. The van der Waals surface area contributed by atoms with Gasteiger partial charge in [-0.05, 0) is 36.2 Å². The fourth-order valence-electron chi connectivity index (χ4n) is 3.56. The van der Waals surface area contributed by atoms with Crippen LogP contribution in [-0.2, 0) is 6.54 Å². The van der Waals surface area contributed by atoms with Gasteiger partial charge in [-0.25, -0.2) is 0 Å². The fourth-order valence-corrected chi connectivity index (χ4v) is 3.56. The van der Waals surface area contributed by atoms with Crippen LogP contribution in [-0.4, -0.2) is 49.0 Å². The summed E-state index contributed by atoms with van der Waals surface area (Å²) in [4.78, 5) is 17.2. The summed E-state index contributed by atoms with van der Waals surface area (Å²) in [5.41, 5.74) is 2.02. The van der Waals surface area contributed by atoms with Crippen molar-refractivity contribution in [2.24, 2.45) is 0 Å². The molecule has 0 atom stereocenters. The Bertz CT molecular complexity index is 884. The molecule has 27 heavy (non-hydrogen) atoms. The van der Waals surface area contributed by atoms with Crippen molar-refractivity contribution in [3.63, 3.8) is 0 Å². The minimum absolute atomic E-state index is 0.0162. The first-order valence-corrected chi connectivity index (χ1v) is 9.36. The molecule has 0 bridgehead atoms. The number of furan rings is 1. The smallest absolute Gasteiger partial charge is 0.289 e. The van der Waals surface area contributed by atoms with E-state index in [4.69, 9.17) is 9.15 Å². The molecule has 0 saturated carbocycles. The third-order valence-corrected chi connectivity index (χ3v) is 5.08. The van der Waals surface area contributed by atoms with Gasteiger partial charge in [-0.3, -0.25) is 9.69 Å². The molecule has 0 aliphatic carbocycles. The number of ether oxygens (including phenoxy) is 1. The van der Waals surface area contributed by atoms with Crippen molar-refractivity contribution < 1.29 is 13.9 Å². The first-order chi connectivity index (χ1) is 13.2. The summed E-state index contributed by atoms with van der Waals surface area (Å²) in [5, 5.41) is 0.969. The highest BCUT2D eigenvalue weighted by molar-refractivity contribution is 5.96. The Morgan fingerprint density at radius 1 is 1.04 bits per heavy atom. The van der Waals surface area contributed by atoms with Crippen LogP contribution in [0, 0.1) is 0 Å². The highest BCUT2D eigenvalue weighted by Gasteiger charge is 2.23. The van der Waals surface area contributed by atoms with Crippen molar-refractivity contribution >= 4 is 16.9 Å². The highest BCUT2D eigenvalue weighted by atomic mass is 16.5. The lowest BCUT2D eigenvalue weighted by atomic mass is 10.2. The number of para-hydroxylation sites is 1. The zero-order valence-electron chi connectivity index (χ0n) is 15.6. The number of methoxy groups -OCH3 is 1. The second-order valence-electron chi connectivity index (χ2n) is 6.92. The molecule has 1 saturated heterocycles. The molecule has 0 spiro atoms. The number of nitrogens with zero attached hydrogens (tertiary/aromatic N) is 2. The SMILES string of the molecule is COc1ccc(CN2CCCN(C(=O)c3cc4ccccc4o3)CC2)cc1. The van der Waals surface area contributed by atoms with E-state index in [1.54, 1.807) is 7.11 Å². The second-order valence-corrected chi connectivity index (χ2v) is 6.92. The van der Waals surface area contributed by atoms with Gasteiger partial charge in [0.05, 0.1) is 7.11 Å². The van der Waals surface area contributed by atoms with Crippen LogP contribution in [0.5, 0.6) is 5.75 Å². The molecule has 1 amide bonds. The Hall–Kier alpha value is -2.79. The predicted octanol–water partition coefficient (Wildman–Crippen LogP) is 3.79. The van der Waals surface area contributed by atoms with E-state index in [0.29, 0.717) is 12.3 Å². The lowest BCUT2D eigenvalue weighted by molar-refractivity contribution is 0.0731. The number of amides is 1. The standard InChI is InChI=1S/C22H24N2O3/c1-26-19-9-7-17(8-10-19)16-23-11-4-12-24(14-13-23)22(25)21-15-18-5-2-3-6-20(18)27-21/h2-3,5-10,15H,4,11-14,16H2,1H3. The van der Waals surface area contributed by atoms with E-state index in [-0.39, 0.29) is 5.91 Å². The van der Waals surface area contributed by atoms with Gasteiger partial charge in [0.25, 0.3) is 5.91 Å². The number of fused-ring (bicyclic) bond motifs is 1. The van der Waals surface area contributed by atoms with Crippen molar-refractivity contribution in [2.75, 3.05) is 33.3 Å². The van der Waals surface area contributed by atoms with Gasteiger partial charge in [-0.15, -0.1) is 0 Å². The van der Waals surface area contributed by atoms with Gasteiger partial charge < -0.3 is 14.1 Å². The summed E-state index contributed by atoms with van der Waals surface area (Å²) in [6.45, 7) is 4.20. The maximum Gasteiger partial charge on any atom is 0.289 e. The monoisotopic (exact) mass is 364 g/mol. The molecule has 140 valence electrons. The topological polar surface area (TPSA) is 45.9 Å². The van der Waals surface area contributed by atoms with E-state index < -0.39 is 0 Å². The van der Waals surface area contributed by atoms with E-state index in [1.807, 2.05) is 47.4 Å². The molecule has 0 radical (unpaired) electrons. The molecule has 3 aromatic rings. The molecule has 4 rings (SSSR count). The van der Waals surface area contributed by atoms with Gasteiger partial charge in [0.1, 0.15) is 11.3 Å². The normalized spacial score (nSPS) is 15.7. The molecule has 0 unspecified atom stereocenters. The van der Waals surface area contributed by atoms with E-state index in [0.717, 1.165) is 49.3 Å². The molecule has 1 fully saturated rings. The van der Waals surface area contributed by atoms with Crippen molar-refractivity contribution in [1.82, 2.24) is 9.80 Å². The first kappa shape index (κ1) is 17.6. The molecular formula is C22H24N2O3. The molecule has 0 N–H and O–H groups in total. The van der Waals surface area contributed by atoms with Gasteiger partial charge >= 0.3 is 0 Å². The van der Waals surface area contributed by atoms with E-state index in [1.165, 1.54) is 5.56 Å². The number of hydrogen-bond acceptors (Lipinski definition) is 4. The lowest BCUT2D eigenvalue weighted by Gasteiger charge is -2.21. The van der Waals surface area contributed by atoms with Crippen molar-refractivity contribution in [1.29, 1.82) is 0 Å². The number of rotatable bonds is 4. The van der Waals surface area contributed by atoms with Crippen LogP contribution >= 0.6 is 0 Å². The molecule has 2 heterocycles. The average Bonchev–Trinajstić information content (AvgIpc) is 3.01. The third-order valence-electron chi connectivity index (χ3n) is 5.08. The summed E-state index contributed by atoms with van der Waals surface area (Å²) in [6.07, 6.45) is 0.960. The quantitative estimate of drug-likeness (QED) is 0.707. The summed E-state index contributed by atoms with van der Waals surface area (Å²) in [7, 11) is 1.68. The molecular weight excluding hydrogens is 340 g/mol. The van der Waals surface area contributed by atoms with E-state index in [2.05, 4.69) is 17.0 Å². The Labute approximate surface area is 159 Å². The Balaban J connectivity index is 1.39. The summed E-state index contributed by atoms with van der Waals surface area (Å²) < 4.78 is 11.0. The van der Waals surface area contributed by atoms with Gasteiger partial charge in [0.15, 0.2) is 5.76 Å². The largest absolute Gasteiger partial charge is 0.497 e. The minimum Gasteiger partial charge on any atom is -0.497 e.